The lowest BCUT2D eigenvalue weighted by molar-refractivity contribution is -0.115. The third-order valence-corrected chi connectivity index (χ3v) is 3.27. The van der Waals surface area contributed by atoms with Gasteiger partial charge in [-0.2, -0.15) is 0 Å². The van der Waals surface area contributed by atoms with Gasteiger partial charge in [0.1, 0.15) is 0 Å². The highest BCUT2D eigenvalue weighted by atomic mass is 16.1. The van der Waals surface area contributed by atoms with E-state index in [1.807, 2.05) is 0 Å². The Balaban J connectivity index is 2.49. The Morgan fingerprint density at radius 1 is 1.24 bits per heavy atom. The lowest BCUT2D eigenvalue weighted by atomic mass is 9.85. The van der Waals surface area contributed by atoms with Crippen molar-refractivity contribution in [3.8, 4) is 0 Å². The van der Waals surface area contributed by atoms with Crippen LogP contribution in [0.1, 0.15) is 66.2 Å². The van der Waals surface area contributed by atoms with Gasteiger partial charge in [-0.25, -0.2) is 0 Å². The van der Waals surface area contributed by atoms with Crippen molar-refractivity contribution in [1.29, 1.82) is 0 Å². The Kier molecular flexibility index (Phi) is 5.17. The van der Waals surface area contributed by atoms with Gasteiger partial charge < -0.3 is 0 Å². The molecule has 1 aliphatic carbocycles. The van der Waals surface area contributed by atoms with Crippen LogP contribution < -0.4 is 0 Å². The average molecular weight is 234 g/mol. The number of hydrogen-bond acceptors (Lipinski definition) is 1. The maximum Gasteiger partial charge on any atom is 0.163 e. The molecule has 0 amide bonds. The van der Waals surface area contributed by atoms with Crippen molar-refractivity contribution >= 4 is 5.78 Å². The Bertz CT molecular complexity index is 326. The fourth-order valence-corrected chi connectivity index (χ4v) is 2.22. The van der Waals surface area contributed by atoms with Crippen LogP contribution in [-0.4, -0.2) is 5.78 Å². The van der Waals surface area contributed by atoms with Crippen LogP contribution >= 0.6 is 0 Å². The smallest absolute Gasteiger partial charge is 0.163 e. The van der Waals surface area contributed by atoms with E-state index in [0.29, 0.717) is 12.2 Å². The molecule has 96 valence electrons. The first kappa shape index (κ1) is 14.2. The van der Waals surface area contributed by atoms with Gasteiger partial charge in [-0.05, 0) is 23.8 Å². The summed E-state index contributed by atoms with van der Waals surface area (Å²) in [6.45, 7) is 8.56. The quantitative estimate of drug-likeness (QED) is 0.623. The summed E-state index contributed by atoms with van der Waals surface area (Å²) in [5, 5.41) is 0. The van der Waals surface area contributed by atoms with E-state index < -0.39 is 0 Å². The lowest BCUT2D eigenvalue weighted by Crippen LogP contribution is -2.14. The van der Waals surface area contributed by atoms with Gasteiger partial charge in [0.2, 0.25) is 0 Å². The van der Waals surface area contributed by atoms with E-state index >= 15 is 0 Å². The number of unbranched alkanes of at least 4 members (excludes halogenated alkanes) is 4. The maximum atomic E-state index is 11.9. The van der Waals surface area contributed by atoms with E-state index in [1.165, 1.54) is 31.3 Å². The molecule has 0 atom stereocenters. The molecule has 0 heterocycles. The number of rotatable bonds is 5. The fourth-order valence-electron chi connectivity index (χ4n) is 2.22. The highest BCUT2D eigenvalue weighted by molar-refractivity contribution is 6.02. The van der Waals surface area contributed by atoms with Gasteiger partial charge in [0.25, 0.3) is 0 Å². The standard InChI is InChI=1S/C16H26O/c1-5-6-7-8-9-10-13-11-14(15(17)12-13)16(2,3)4/h10-11H,5-9,12H2,1-4H3/b13-10-. The lowest BCUT2D eigenvalue weighted by Gasteiger charge is -2.18. The van der Waals surface area contributed by atoms with Crippen LogP contribution in [0.2, 0.25) is 0 Å². The summed E-state index contributed by atoms with van der Waals surface area (Å²) >= 11 is 0. The second kappa shape index (κ2) is 6.18. The number of Topliss-reactive ketones (excluding diaryl/α,β-unsaturated/α-hetero) is 1. The van der Waals surface area contributed by atoms with E-state index in [0.717, 1.165) is 12.0 Å². The van der Waals surface area contributed by atoms with Crippen molar-refractivity contribution in [2.75, 3.05) is 0 Å². The predicted octanol–water partition coefficient (Wildman–Crippen LogP) is 4.83. The molecule has 0 fully saturated rings. The summed E-state index contributed by atoms with van der Waals surface area (Å²) in [6.07, 6.45) is 11.3. The van der Waals surface area contributed by atoms with Gasteiger partial charge in [0.15, 0.2) is 5.78 Å². The van der Waals surface area contributed by atoms with Crippen LogP contribution in [0.4, 0.5) is 0 Å². The zero-order chi connectivity index (χ0) is 12.9. The molecule has 0 bridgehead atoms. The molecular weight excluding hydrogens is 208 g/mol. The minimum absolute atomic E-state index is 0.00508. The molecule has 0 aromatic carbocycles. The molecule has 0 unspecified atom stereocenters. The van der Waals surface area contributed by atoms with E-state index in [1.54, 1.807) is 0 Å². The van der Waals surface area contributed by atoms with Crippen LogP contribution in [0.15, 0.2) is 23.3 Å². The summed E-state index contributed by atoms with van der Waals surface area (Å²) in [4.78, 5) is 11.9. The van der Waals surface area contributed by atoms with E-state index in [4.69, 9.17) is 0 Å². The minimum Gasteiger partial charge on any atom is -0.294 e. The molecule has 1 nitrogen and oxygen atoms in total. The first-order valence-electron chi connectivity index (χ1n) is 6.89. The second-order valence-electron chi connectivity index (χ2n) is 6.04. The van der Waals surface area contributed by atoms with E-state index in [-0.39, 0.29) is 5.41 Å². The number of allylic oxidation sites excluding steroid dienone is 4. The van der Waals surface area contributed by atoms with E-state index in [9.17, 15) is 4.79 Å². The third-order valence-electron chi connectivity index (χ3n) is 3.27. The summed E-state index contributed by atoms with van der Waals surface area (Å²) in [5.41, 5.74) is 2.23. The van der Waals surface area contributed by atoms with Gasteiger partial charge in [0, 0.05) is 12.0 Å². The van der Waals surface area contributed by atoms with Gasteiger partial charge in [0.05, 0.1) is 0 Å². The maximum absolute atomic E-state index is 11.9. The number of carbonyl (C=O) groups excluding carboxylic acids is 1. The zero-order valence-corrected chi connectivity index (χ0v) is 11.8. The Morgan fingerprint density at radius 3 is 2.47 bits per heavy atom. The van der Waals surface area contributed by atoms with E-state index in [2.05, 4.69) is 39.8 Å². The first-order chi connectivity index (χ1) is 7.95. The third kappa shape index (κ3) is 4.49. The normalized spacial score (nSPS) is 18.9. The molecule has 0 spiro atoms. The molecule has 17 heavy (non-hydrogen) atoms. The van der Waals surface area contributed by atoms with Crippen molar-refractivity contribution in [2.24, 2.45) is 5.41 Å². The Hall–Kier alpha value is -0.850. The molecular formula is C16H26O. The van der Waals surface area contributed by atoms with Crippen molar-refractivity contribution in [1.82, 2.24) is 0 Å². The van der Waals surface area contributed by atoms with Crippen LogP contribution in [0.25, 0.3) is 0 Å². The minimum atomic E-state index is -0.00508. The highest BCUT2D eigenvalue weighted by Gasteiger charge is 2.28. The van der Waals surface area contributed by atoms with Gasteiger partial charge >= 0.3 is 0 Å². The van der Waals surface area contributed by atoms with Gasteiger partial charge in [-0.15, -0.1) is 0 Å². The molecule has 0 aliphatic heterocycles. The van der Waals surface area contributed by atoms with Crippen LogP contribution in [0.5, 0.6) is 0 Å². The summed E-state index contributed by atoms with van der Waals surface area (Å²) < 4.78 is 0. The van der Waals surface area contributed by atoms with Crippen molar-refractivity contribution < 1.29 is 4.79 Å². The predicted molar refractivity (Wildman–Crippen MR) is 74.0 cm³/mol. The Labute approximate surface area is 106 Å². The zero-order valence-electron chi connectivity index (χ0n) is 11.8. The summed E-state index contributed by atoms with van der Waals surface area (Å²) in [7, 11) is 0. The van der Waals surface area contributed by atoms with Crippen LogP contribution in [0, 0.1) is 5.41 Å². The average Bonchev–Trinajstić information content (AvgIpc) is 2.59. The molecule has 1 heteroatoms. The number of carbonyl (C=O) groups is 1. The SMILES string of the molecule is CCCCCC/C=C1/C=C(C(C)(C)C)C(=O)C1. The number of hydrogen-bond donors (Lipinski definition) is 0. The van der Waals surface area contributed by atoms with Crippen LogP contribution in [0.3, 0.4) is 0 Å². The largest absolute Gasteiger partial charge is 0.294 e. The first-order valence-corrected chi connectivity index (χ1v) is 6.89. The van der Waals surface area contributed by atoms with Crippen LogP contribution in [-0.2, 0) is 4.79 Å². The molecule has 1 aliphatic rings. The molecule has 0 aromatic rings. The molecule has 0 saturated heterocycles. The summed E-state index contributed by atoms with van der Waals surface area (Å²) in [5.74, 6) is 0.317. The topological polar surface area (TPSA) is 17.1 Å². The number of ketones is 1. The van der Waals surface area contributed by atoms with Gasteiger partial charge in [-0.1, -0.05) is 59.1 Å². The molecule has 0 radical (unpaired) electrons. The van der Waals surface area contributed by atoms with Crippen molar-refractivity contribution in [3.05, 3.63) is 23.3 Å². The van der Waals surface area contributed by atoms with Crippen molar-refractivity contribution in [2.45, 2.75) is 66.2 Å². The molecule has 0 saturated carbocycles. The highest BCUT2D eigenvalue weighted by Crippen LogP contribution is 2.34. The van der Waals surface area contributed by atoms with Crippen molar-refractivity contribution in [3.63, 3.8) is 0 Å². The molecule has 0 N–H and O–H groups in total. The monoisotopic (exact) mass is 234 g/mol. The Morgan fingerprint density at radius 2 is 1.94 bits per heavy atom. The van der Waals surface area contributed by atoms with Gasteiger partial charge in [-0.3, -0.25) is 4.79 Å². The fraction of sp³-hybridized carbons (Fsp3) is 0.688. The second-order valence-corrected chi connectivity index (χ2v) is 6.04. The summed E-state index contributed by atoms with van der Waals surface area (Å²) in [6, 6.07) is 0. The molecule has 0 aromatic heterocycles. The molecule has 1 rings (SSSR count).